The number of rotatable bonds is 2. The summed E-state index contributed by atoms with van der Waals surface area (Å²) >= 11 is 7.83. The molecule has 2 fully saturated rings. The van der Waals surface area contributed by atoms with Gasteiger partial charge in [-0.1, -0.05) is 11.6 Å². The molecule has 2 heterocycles. The molecule has 1 aromatic carbocycles. The lowest BCUT2D eigenvalue weighted by Gasteiger charge is -2.37. The molecule has 2 N–H and O–H groups in total. The van der Waals surface area contributed by atoms with E-state index in [2.05, 4.69) is 0 Å². The zero-order valence-corrected chi connectivity index (χ0v) is 13.2. The molecule has 4 nitrogen and oxygen atoms in total. The number of benzene rings is 1. The van der Waals surface area contributed by atoms with Gasteiger partial charge in [0.15, 0.2) is 0 Å². The summed E-state index contributed by atoms with van der Waals surface area (Å²) in [5.41, 5.74) is 6.48. The van der Waals surface area contributed by atoms with Crippen molar-refractivity contribution in [2.24, 2.45) is 0 Å². The summed E-state index contributed by atoms with van der Waals surface area (Å²) in [4.78, 5) is 12.2. The third kappa shape index (κ3) is 3.47. The maximum atomic E-state index is 12.2. The Labute approximate surface area is 133 Å². The van der Waals surface area contributed by atoms with Crippen LogP contribution in [0.1, 0.15) is 29.6 Å². The number of carbonyl (C=O) groups is 1. The molecule has 0 radical (unpaired) electrons. The molecule has 6 heteroatoms. The van der Waals surface area contributed by atoms with Crippen LogP contribution in [-0.4, -0.2) is 35.8 Å². The lowest BCUT2D eigenvalue weighted by molar-refractivity contribution is -0.106. The van der Waals surface area contributed by atoms with Gasteiger partial charge in [-0.25, -0.2) is 4.79 Å². The van der Waals surface area contributed by atoms with E-state index in [9.17, 15) is 4.79 Å². The van der Waals surface area contributed by atoms with Crippen molar-refractivity contribution in [3.05, 3.63) is 28.8 Å². The number of esters is 1. The van der Waals surface area contributed by atoms with Crippen molar-refractivity contribution in [1.82, 2.24) is 0 Å². The second-order valence-corrected chi connectivity index (χ2v) is 7.17. The SMILES string of the molecule is Nc1cc(Cl)cc(C(=O)OC2CCOC3(CCSC3)C2)c1. The summed E-state index contributed by atoms with van der Waals surface area (Å²) in [6, 6.07) is 4.78. The smallest absolute Gasteiger partial charge is 0.338 e. The fourth-order valence-electron chi connectivity index (χ4n) is 2.90. The Morgan fingerprint density at radius 1 is 1.48 bits per heavy atom. The Hall–Kier alpha value is -0.910. The number of nitrogens with two attached hydrogens (primary N) is 1. The molecule has 2 atom stereocenters. The first-order valence-electron chi connectivity index (χ1n) is 7.05. The number of hydrogen-bond acceptors (Lipinski definition) is 5. The van der Waals surface area contributed by atoms with Crippen LogP contribution in [0.2, 0.25) is 5.02 Å². The molecular formula is C15H18ClNO3S. The van der Waals surface area contributed by atoms with E-state index in [0.29, 0.717) is 22.9 Å². The number of thioether (sulfide) groups is 1. The monoisotopic (exact) mass is 327 g/mol. The van der Waals surface area contributed by atoms with Crippen LogP contribution in [0.5, 0.6) is 0 Å². The molecule has 1 aromatic rings. The van der Waals surface area contributed by atoms with Gasteiger partial charge in [-0.05, 0) is 30.4 Å². The molecule has 0 aromatic heterocycles. The average molecular weight is 328 g/mol. The standard InChI is InChI=1S/C15H18ClNO3S/c16-11-5-10(6-12(17)7-11)14(18)20-13-1-3-19-15(8-13)2-4-21-9-15/h5-7,13H,1-4,8-9,17H2. The molecule has 2 saturated heterocycles. The number of carbonyl (C=O) groups excluding carboxylic acids is 1. The molecule has 2 unspecified atom stereocenters. The fourth-order valence-corrected chi connectivity index (χ4v) is 4.52. The van der Waals surface area contributed by atoms with Crippen molar-refractivity contribution in [3.8, 4) is 0 Å². The van der Waals surface area contributed by atoms with Crippen molar-refractivity contribution in [2.75, 3.05) is 23.8 Å². The van der Waals surface area contributed by atoms with Crippen LogP contribution in [0.3, 0.4) is 0 Å². The minimum atomic E-state index is -0.364. The van der Waals surface area contributed by atoms with Crippen LogP contribution in [0, 0.1) is 0 Å². The highest BCUT2D eigenvalue weighted by Gasteiger charge is 2.41. The Morgan fingerprint density at radius 2 is 2.33 bits per heavy atom. The lowest BCUT2D eigenvalue weighted by atomic mass is 9.91. The Balaban J connectivity index is 1.66. The molecule has 0 aliphatic carbocycles. The van der Waals surface area contributed by atoms with Gasteiger partial charge in [0.25, 0.3) is 0 Å². The van der Waals surface area contributed by atoms with Crippen LogP contribution in [-0.2, 0) is 9.47 Å². The first kappa shape index (κ1) is 15.0. The topological polar surface area (TPSA) is 61.6 Å². The van der Waals surface area contributed by atoms with Gasteiger partial charge >= 0.3 is 5.97 Å². The minimum Gasteiger partial charge on any atom is -0.459 e. The Kier molecular flexibility index (Phi) is 4.33. The van der Waals surface area contributed by atoms with Crippen molar-refractivity contribution in [3.63, 3.8) is 0 Å². The molecule has 3 rings (SSSR count). The highest BCUT2D eigenvalue weighted by Crippen LogP contribution is 2.39. The van der Waals surface area contributed by atoms with Gasteiger partial charge in [0.2, 0.25) is 0 Å². The van der Waals surface area contributed by atoms with Gasteiger partial charge in [0, 0.05) is 29.3 Å². The summed E-state index contributed by atoms with van der Waals surface area (Å²) in [5, 5.41) is 0.442. The van der Waals surface area contributed by atoms with Crippen LogP contribution >= 0.6 is 23.4 Å². The van der Waals surface area contributed by atoms with E-state index < -0.39 is 0 Å². The van der Waals surface area contributed by atoms with E-state index >= 15 is 0 Å². The second-order valence-electron chi connectivity index (χ2n) is 5.63. The van der Waals surface area contributed by atoms with Crippen LogP contribution in [0.15, 0.2) is 18.2 Å². The van der Waals surface area contributed by atoms with Gasteiger partial charge in [0.05, 0.1) is 17.8 Å². The Morgan fingerprint density at radius 3 is 3.05 bits per heavy atom. The quantitative estimate of drug-likeness (QED) is 0.668. The number of nitrogen functional groups attached to an aromatic ring is 1. The van der Waals surface area contributed by atoms with E-state index in [1.807, 2.05) is 11.8 Å². The molecule has 114 valence electrons. The number of anilines is 1. The predicted octanol–water partition coefficient (Wildman–Crippen LogP) is 3.13. The summed E-state index contributed by atoms with van der Waals surface area (Å²) in [6.07, 6.45) is 2.47. The maximum Gasteiger partial charge on any atom is 0.338 e. The van der Waals surface area contributed by atoms with Crippen molar-refractivity contribution < 1.29 is 14.3 Å². The van der Waals surface area contributed by atoms with E-state index in [1.165, 1.54) is 0 Å². The summed E-state index contributed by atoms with van der Waals surface area (Å²) < 4.78 is 11.6. The summed E-state index contributed by atoms with van der Waals surface area (Å²) in [5.74, 6) is 1.74. The van der Waals surface area contributed by atoms with Gasteiger partial charge in [-0.15, -0.1) is 0 Å². The average Bonchev–Trinajstić information content (AvgIpc) is 2.85. The third-order valence-corrected chi connectivity index (χ3v) is 5.39. The van der Waals surface area contributed by atoms with Crippen molar-refractivity contribution >= 4 is 35.0 Å². The molecule has 1 spiro atoms. The van der Waals surface area contributed by atoms with Gasteiger partial charge < -0.3 is 15.2 Å². The van der Waals surface area contributed by atoms with E-state index in [0.717, 1.165) is 30.8 Å². The number of hydrogen-bond donors (Lipinski definition) is 1. The highest BCUT2D eigenvalue weighted by atomic mass is 35.5. The molecule has 0 amide bonds. The Bertz CT molecular complexity index is 525. The first-order valence-corrected chi connectivity index (χ1v) is 8.58. The zero-order valence-electron chi connectivity index (χ0n) is 11.6. The molecular weight excluding hydrogens is 310 g/mol. The minimum absolute atomic E-state index is 0.0924. The zero-order chi connectivity index (χ0) is 14.9. The van der Waals surface area contributed by atoms with Crippen molar-refractivity contribution in [1.29, 1.82) is 0 Å². The molecule has 0 saturated carbocycles. The van der Waals surface area contributed by atoms with E-state index in [1.54, 1.807) is 18.2 Å². The van der Waals surface area contributed by atoms with Crippen molar-refractivity contribution in [2.45, 2.75) is 31.0 Å². The second kappa shape index (κ2) is 6.07. The largest absolute Gasteiger partial charge is 0.459 e. The fraction of sp³-hybridized carbons (Fsp3) is 0.533. The number of halogens is 1. The normalized spacial score (nSPS) is 28.7. The van der Waals surface area contributed by atoms with Crippen LogP contribution in [0.4, 0.5) is 5.69 Å². The third-order valence-electron chi connectivity index (χ3n) is 3.94. The van der Waals surface area contributed by atoms with E-state index in [4.69, 9.17) is 26.8 Å². The first-order chi connectivity index (χ1) is 10.1. The molecule has 2 aliphatic heterocycles. The van der Waals surface area contributed by atoms with Gasteiger partial charge in [-0.3, -0.25) is 0 Å². The summed E-state index contributed by atoms with van der Waals surface area (Å²) in [6.45, 7) is 0.649. The predicted molar refractivity (Wildman–Crippen MR) is 84.9 cm³/mol. The van der Waals surface area contributed by atoms with Gasteiger partial charge in [0.1, 0.15) is 6.10 Å². The van der Waals surface area contributed by atoms with E-state index in [-0.39, 0.29) is 17.7 Å². The summed E-state index contributed by atoms with van der Waals surface area (Å²) in [7, 11) is 0. The van der Waals surface area contributed by atoms with Crippen LogP contribution < -0.4 is 5.73 Å². The number of ether oxygens (including phenoxy) is 2. The highest BCUT2D eigenvalue weighted by molar-refractivity contribution is 7.99. The molecule has 21 heavy (non-hydrogen) atoms. The maximum absolute atomic E-state index is 12.2. The van der Waals surface area contributed by atoms with Crippen LogP contribution in [0.25, 0.3) is 0 Å². The lowest BCUT2D eigenvalue weighted by Crippen LogP contribution is -2.43. The van der Waals surface area contributed by atoms with Gasteiger partial charge in [-0.2, -0.15) is 11.8 Å². The molecule has 0 bridgehead atoms. The molecule has 2 aliphatic rings.